The van der Waals surface area contributed by atoms with E-state index in [1.165, 1.54) is 27.1 Å². The van der Waals surface area contributed by atoms with E-state index in [0.717, 1.165) is 16.7 Å². The van der Waals surface area contributed by atoms with Crippen molar-refractivity contribution in [2.24, 2.45) is 0 Å². The van der Waals surface area contributed by atoms with Crippen molar-refractivity contribution in [2.75, 3.05) is 0 Å². The monoisotopic (exact) mass is 389 g/mol. The van der Waals surface area contributed by atoms with E-state index in [0.29, 0.717) is 10.7 Å². The molecule has 0 saturated heterocycles. The third kappa shape index (κ3) is 3.05. The van der Waals surface area contributed by atoms with Crippen molar-refractivity contribution in [3.63, 3.8) is 0 Å². The number of rotatable bonds is 2. The number of halogens is 1. The number of hydrogen-bond donors (Lipinski definition) is 0. The Kier molecular flexibility index (Phi) is 4.28. The van der Waals surface area contributed by atoms with Gasteiger partial charge in [-0.3, -0.25) is 0 Å². The molecule has 5 rings (SSSR count). The van der Waals surface area contributed by atoms with E-state index < -0.39 is 0 Å². The molecular formula is C27H16ClN. The second kappa shape index (κ2) is 7.09. The SMILES string of the molecule is [C-]#[N+]c1cccc(Cl)c1-c1ccc(-c2ccc3ccc4ccccc4c3c2)cc1. The smallest absolute Gasteiger partial charge is 0.196 e. The van der Waals surface area contributed by atoms with Gasteiger partial charge in [-0.25, -0.2) is 4.85 Å². The van der Waals surface area contributed by atoms with E-state index in [4.69, 9.17) is 18.2 Å². The van der Waals surface area contributed by atoms with Crippen molar-refractivity contribution in [3.8, 4) is 22.3 Å². The van der Waals surface area contributed by atoms with Crippen LogP contribution in [0.4, 0.5) is 5.69 Å². The maximum absolute atomic E-state index is 7.42. The highest BCUT2D eigenvalue weighted by molar-refractivity contribution is 6.34. The van der Waals surface area contributed by atoms with Crippen LogP contribution in [-0.2, 0) is 0 Å². The molecule has 0 amide bonds. The normalized spacial score (nSPS) is 10.9. The highest BCUT2D eigenvalue weighted by atomic mass is 35.5. The number of nitrogens with zero attached hydrogens (tertiary/aromatic N) is 1. The lowest BCUT2D eigenvalue weighted by Crippen LogP contribution is -1.84. The van der Waals surface area contributed by atoms with E-state index in [-0.39, 0.29) is 0 Å². The van der Waals surface area contributed by atoms with Gasteiger partial charge in [-0.2, -0.15) is 0 Å². The van der Waals surface area contributed by atoms with E-state index in [1.54, 1.807) is 6.07 Å². The van der Waals surface area contributed by atoms with Gasteiger partial charge in [-0.1, -0.05) is 96.5 Å². The topological polar surface area (TPSA) is 4.36 Å². The highest BCUT2D eigenvalue weighted by Crippen LogP contribution is 2.38. The van der Waals surface area contributed by atoms with Gasteiger partial charge in [0, 0.05) is 10.6 Å². The first-order chi connectivity index (χ1) is 14.2. The van der Waals surface area contributed by atoms with Crippen LogP contribution >= 0.6 is 11.6 Å². The summed E-state index contributed by atoms with van der Waals surface area (Å²) in [7, 11) is 0. The molecule has 0 aliphatic rings. The van der Waals surface area contributed by atoms with Gasteiger partial charge >= 0.3 is 0 Å². The lowest BCUT2D eigenvalue weighted by atomic mass is 9.95. The van der Waals surface area contributed by atoms with Crippen LogP contribution < -0.4 is 0 Å². The molecule has 29 heavy (non-hydrogen) atoms. The largest absolute Gasteiger partial charge is 0.237 e. The summed E-state index contributed by atoms with van der Waals surface area (Å²) in [6.45, 7) is 7.42. The summed E-state index contributed by atoms with van der Waals surface area (Å²) in [6, 6.07) is 33.1. The fraction of sp³-hybridized carbons (Fsp3) is 0. The molecule has 0 aliphatic heterocycles. The minimum absolute atomic E-state index is 0.572. The van der Waals surface area contributed by atoms with Crippen LogP contribution in [0.25, 0.3) is 48.6 Å². The van der Waals surface area contributed by atoms with Crippen LogP contribution in [0.3, 0.4) is 0 Å². The minimum atomic E-state index is 0.572. The first kappa shape index (κ1) is 17.5. The Bertz CT molecular complexity index is 1410. The molecule has 2 heteroatoms. The highest BCUT2D eigenvalue weighted by Gasteiger charge is 2.10. The second-order valence-electron chi connectivity index (χ2n) is 7.05. The van der Waals surface area contributed by atoms with Crippen LogP contribution in [0.5, 0.6) is 0 Å². The van der Waals surface area contributed by atoms with Crippen molar-refractivity contribution >= 4 is 38.8 Å². The Balaban J connectivity index is 1.61. The van der Waals surface area contributed by atoms with Gasteiger partial charge < -0.3 is 0 Å². The third-order valence-electron chi connectivity index (χ3n) is 5.37. The molecule has 0 aliphatic carbocycles. The van der Waals surface area contributed by atoms with Gasteiger partial charge in [0.1, 0.15) is 0 Å². The Hall–Kier alpha value is -3.60. The molecule has 0 heterocycles. The standard InChI is InChI=1S/C27H16ClN/c1-29-26-8-4-7-25(28)27(26)21-14-9-18(10-15-21)22-16-13-20-12-11-19-5-2-3-6-23(19)24(20)17-22/h2-17H. The van der Waals surface area contributed by atoms with Gasteiger partial charge in [0.05, 0.1) is 6.57 Å². The maximum Gasteiger partial charge on any atom is 0.196 e. The van der Waals surface area contributed by atoms with Gasteiger partial charge in [-0.15, -0.1) is 0 Å². The summed E-state index contributed by atoms with van der Waals surface area (Å²) < 4.78 is 0. The lowest BCUT2D eigenvalue weighted by Gasteiger charge is -2.10. The van der Waals surface area contributed by atoms with Crippen LogP contribution in [-0.4, -0.2) is 0 Å². The summed E-state index contributed by atoms with van der Waals surface area (Å²) in [4.78, 5) is 3.62. The van der Waals surface area contributed by atoms with E-state index in [1.807, 2.05) is 24.3 Å². The molecule has 0 aromatic heterocycles. The molecule has 136 valence electrons. The summed E-state index contributed by atoms with van der Waals surface area (Å²) in [5.41, 5.74) is 4.63. The van der Waals surface area contributed by atoms with Crippen LogP contribution in [0.2, 0.25) is 5.02 Å². The molecule has 0 unspecified atom stereocenters. The van der Waals surface area contributed by atoms with Gasteiger partial charge in [0.15, 0.2) is 5.69 Å². The third-order valence-corrected chi connectivity index (χ3v) is 5.68. The van der Waals surface area contributed by atoms with Crippen molar-refractivity contribution in [1.29, 1.82) is 0 Å². The number of hydrogen-bond acceptors (Lipinski definition) is 0. The molecule has 0 fully saturated rings. The predicted molar refractivity (Wildman–Crippen MR) is 124 cm³/mol. The summed E-state index contributed by atoms with van der Waals surface area (Å²) in [5.74, 6) is 0. The van der Waals surface area contributed by atoms with E-state index in [9.17, 15) is 0 Å². The van der Waals surface area contributed by atoms with Crippen molar-refractivity contribution in [3.05, 3.63) is 114 Å². The Morgan fingerprint density at radius 1 is 0.586 bits per heavy atom. The average Bonchev–Trinajstić information content (AvgIpc) is 2.78. The molecule has 1 nitrogen and oxygen atoms in total. The van der Waals surface area contributed by atoms with E-state index >= 15 is 0 Å². The summed E-state index contributed by atoms with van der Waals surface area (Å²) in [5, 5.41) is 5.61. The lowest BCUT2D eigenvalue weighted by molar-refractivity contribution is 1.60. The van der Waals surface area contributed by atoms with Crippen LogP contribution in [0.1, 0.15) is 0 Å². The zero-order chi connectivity index (χ0) is 19.8. The maximum atomic E-state index is 7.42. The molecule has 5 aromatic carbocycles. The number of fused-ring (bicyclic) bond motifs is 3. The van der Waals surface area contributed by atoms with Crippen molar-refractivity contribution in [2.45, 2.75) is 0 Å². The predicted octanol–water partition coefficient (Wildman–Crippen LogP) is 8.53. The zero-order valence-electron chi connectivity index (χ0n) is 15.6. The van der Waals surface area contributed by atoms with Crippen LogP contribution in [0.15, 0.2) is 97.1 Å². The first-order valence-electron chi connectivity index (χ1n) is 9.43. The Labute approximate surface area is 174 Å². The molecule has 0 bridgehead atoms. The summed E-state index contributed by atoms with van der Waals surface area (Å²) >= 11 is 6.38. The number of benzene rings is 5. The molecule has 5 aromatic rings. The fourth-order valence-electron chi connectivity index (χ4n) is 3.90. The first-order valence-corrected chi connectivity index (χ1v) is 9.81. The van der Waals surface area contributed by atoms with Crippen LogP contribution in [0, 0.1) is 6.57 Å². The molecule has 0 spiro atoms. The molecule has 0 saturated carbocycles. The van der Waals surface area contributed by atoms with E-state index in [2.05, 4.69) is 71.6 Å². The second-order valence-corrected chi connectivity index (χ2v) is 7.45. The van der Waals surface area contributed by atoms with Gasteiger partial charge in [-0.05, 0) is 50.4 Å². The minimum Gasteiger partial charge on any atom is -0.237 e. The molecule has 0 atom stereocenters. The van der Waals surface area contributed by atoms with Crippen molar-refractivity contribution in [1.82, 2.24) is 0 Å². The molecule has 0 N–H and O–H groups in total. The molecule has 0 radical (unpaired) electrons. The quantitative estimate of drug-likeness (QED) is 0.210. The van der Waals surface area contributed by atoms with Crippen molar-refractivity contribution < 1.29 is 0 Å². The average molecular weight is 390 g/mol. The fourth-order valence-corrected chi connectivity index (χ4v) is 4.18. The molecular weight excluding hydrogens is 374 g/mol. The zero-order valence-corrected chi connectivity index (χ0v) is 16.3. The summed E-state index contributed by atoms with van der Waals surface area (Å²) in [6.07, 6.45) is 0. The Morgan fingerprint density at radius 3 is 2.03 bits per heavy atom. The Morgan fingerprint density at radius 2 is 1.24 bits per heavy atom. The van der Waals surface area contributed by atoms with Gasteiger partial charge in [0.25, 0.3) is 0 Å². The van der Waals surface area contributed by atoms with Gasteiger partial charge in [0.2, 0.25) is 0 Å².